The fourth-order valence-corrected chi connectivity index (χ4v) is 2.42. The quantitative estimate of drug-likeness (QED) is 0.835. The van der Waals surface area contributed by atoms with Gasteiger partial charge in [-0.15, -0.1) is 0 Å². The minimum Gasteiger partial charge on any atom is -0.268 e. The topological polar surface area (TPSA) is 30.7 Å². The molecule has 0 aromatic carbocycles. The summed E-state index contributed by atoms with van der Waals surface area (Å²) in [5, 5.41) is 4.36. The van der Waals surface area contributed by atoms with Gasteiger partial charge in [-0.3, -0.25) is 9.67 Å². The third-order valence-corrected chi connectivity index (χ3v) is 3.40. The molecular weight excluding hydrogens is 248 g/mol. The Bertz CT molecular complexity index is 640. The lowest BCUT2D eigenvalue weighted by molar-refractivity contribution is 0.368. The zero-order valence-electron chi connectivity index (χ0n) is 12.3. The van der Waals surface area contributed by atoms with Crippen molar-refractivity contribution in [3.05, 3.63) is 35.4 Å². The highest BCUT2D eigenvalue weighted by molar-refractivity contribution is 5.60. The van der Waals surface area contributed by atoms with Crippen LogP contribution >= 0.6 is 0 Å². The van der Waals surface area contributed by atoms with Crippen LogP contribution in [0.3, 0.4) is 0 Å². The van der Waals surface area contributed by atoms with Gasteiger partial charge in [0.2, 0.25) is 0 Å². The number of aromatic nitrogens is 3. The van der Waals surface area contributed by atoms with Crippen molar-refractivity contribution in [2.45, 2.75) is 32.9 Å². The van der Waals surface area contributed by atoms with Gasteiger partial charge in [-0.25, -0.2) is 8.78 Å². The average molecular weight is 265 g/mol. The maximum absolute atomic E-state index is 13.7. The molecule has 100 valence electrons. The molecule has 19 heavy (non-hydrogen) atoms. The molecule has 0 N–H and O–H groups in total. The molecule has 0 aliphatic carbocycles. The molecule has 0 radical (unpaired) electrons. The van der Waals surface area contributed by atoms with E-state index in [1.54, 1.807) is 4.68 Å². The molecule has 2 aromatic rings. The molecule has 1 aliphatic rings. The summed E-state index contributed by atoms with van der Waals surface area (Å²) in [5.74, 6) is -0.274. The highest BCUT2D eigenvalue weighted by Crippen LogP contribution is 2.30. The van der Waals surface area contributed by atoms with Gasteiger partial charge < -0.3 is 0 Å². The van der Waals surface area contributed by atoms with E-state index < -0.39 is 12.5 Å². The monoisotopic (exact) mass is 265 g/mol. The summed E-state index contributed by atoms with van der Waals surface area (Å²) in [7, 11) is 0. The predicted octanol–water partition coefficient (Wildman–Crippen LogP) is 3.14. The van der Waals surface area contributed by atoms with Gasteiger partial charge in [0.1, 0.15) is 18.2 Å². The summed E-state index contributed by atoms with van der Waals surface area (Å²) in [5.41, 5.74) is 1.59. The van der Waals surface area contributed by atoms with Crippen LogP contribution in [0.1, 0.15) is 27.3 Å². The fraction of sp³-hybridized carbons (Fsp3) is 0.429. The molecular formula is C14H15F2N3. The second-order valence-electron chi connectivity index (χ2n) is 4.77. The molecule has 0 saturated heterocycles. The van der Waals surface area contributed by atoms with Crippen LogP contribution < -0.4 is 0 Å². The molecule has 0 saturated carbocycles. The second kappa shape index (κ2) is 4.72. The van der Waals surface area contributed by atoms with E-state index in [1.165, 1.54) is 12.1 Å². The lowest BCUT2D eigenvalue weighted by atomic mass is 9.98. The SMILES string of the molecule is [2H]CC1CCc2c(C([2H])F)c(-c3ccc(F)cn3)nn2C1. The summed E-state index contributed by atoms with van der Waals surface area (Å²) < 4.78 is 43.3. The van der Waals surface area contributed by atoms with Gasteiger partial charge in [-0.2, -0.15) is 5.10 Å². The van der Waals surface area contributed by atoms with Gasteiger partial charge in [-0.05, 0) is 30.9 Å². The Balaban J connectivity index is 2.08. The lowest BCUT2D eigenvalue weighted by Crippen LogP contribution is -2.19. The average Bonchev–Trinajstić information content (AvgIpc) is 2.86. The van der Waals surface area contributed by atoms with Crippen LogP contribution in [0, 0.1) is 11.7 Å². The van der Waals surface area contributed by atoms with E-state index in [-0.39, 0.29) is 11.5 Å². The summed E-state index contributed by atoms with van der Waals surface area (Å²) in [6.07, 6.45) is 2.46. The molecule has 3 nitrogen and oxygen atoms in total. The van der Waals surface area contributed by atoms with E-state index in [0.29, 0.717) is 36.9 Å². The summed E-state index contributed by atoms with van der Waals surface area (Å²) in [6, 6.07) is 2.69. The smallest absolute Gasteiger partial charge is 0.141 e. The van der Waals surface area contributed by atoms with Crippen molar-refractivity contribution in [1.82, 2.24) is 14.8 Å². The standard InChI is InChI=1S/C14H15F2N3/c1-9-2-5-13-11(6-15)14(18-19(13)8-9)12-4-3-10(16)7-17-12/h3-4,7,9H,2,5-6,8H2,1H3/i1D,6D. The molecule has 1 aliphatic heterocycles. The molecule has 2 atom stereocenters. The first-order chi connectivity index (χ1) is 10.1. The summed E-state index contributed by atoms with van der Waals surface area (Å²) in [6.45, 7) is -1.04. The van der Waals surface area contributed by atoms with Gasteiger partial charge in [0.05, 0.1) is 13.3 Å². The molecule has 0 bridgehead atoms. The zero-order valence-corrected chi connectivity index (χ0v) is 10.3. The van der Waals surface area contributed by atoms with Crippen LogP contribution in [0.25, 0.3) is 11.4 Å². The Kier molecular flexibility index (Phi) is 2.50. The first-order valence-corrected chi connectivity index (χ1v) is 6.17. The lowest BCUT2D eigenvalue weighted by Gasteiger charge is -2.20. The minimum atomic E-state index is -1.90. The molecule has 3 heterocycles. The Labute approximate surface area is 113 Å². The van der Waals surface area contributed by atoms with Crippen LogP contribution in [0.15, 0.2) is 18.3 Å². The van der Waals surface area contributed by atoms with Gasteiger partial charge in [0.15, 0.2) is 0 Å². The Morgan fingerprint density at radius 1 is 1.58 bits per heavy atom. The van der Waals surface area contributed by atoms with E-state index in [2.05, 4.69) is 10.1 Å². The highest BCUT2D eigenvalue weighted by atomic mass is 19.1. The molecule has 0 fully saturated rings. The maximum Gasteiger partial charge on any atom is 0.141 e. The van der Waals surface area contributed by atoms with Crippen LogP contribution in [0.2, 0.25) is 0 Å². The molecule has 2 aromatic heterocycles. The van der Waals surface area contributed by atoms with E-state index in [0.717, 1.165) is 12.6 Å². The van der Waals surface area contributed by atoms with E-state index in [9.17, 15) is 8.78 Å². The maximum atomic E-state index is 13.7. The summed E-state index contributed by atoms with van der Waals surface area (Å²) in [4.78, 5) is 3.94. The number of halogens is 2. The van der Waals surface area contributed by atoms with E-state index >= 15 is 0 Å². The summed E-state index contributed by atoms with van der Waals surface area (Å²) >= 11 is 0. The number of nitrogens with zero attached hydrogens (tertiary/aromatic N) is 3. The number of alkyl halides is 1. The molecule has 3 rings (SSSR count). The van der Waals surface area contributed by atoms with Crippen molar-refractivity contribution in [3.63, 3.8) is 0 Å². The Hall–Kier alpha value is -1.78. The third kappa shape index (κ3) is 2.13. The zero-order chi connectivity index (χ0) is 15.0. The normalized spacial score (nSPS) is 21.5. The van der Waals surface area contributed by atoms with Crippen molar-refractivity contribution in [3.8, 4) is 11.4 Å². The van der Waals surface area contributed by atoms with Crippen molar-refractivity contribution in [1.29, 1.82) is 0 Å². The molecule has 5 heteroatoms. The third-order valence-electron chi connectivity index (χ3n) is 3.40. The Morgan fingerprint density at radius 2 is 2.47 bits per heavy atom. The van der Waals surface area contributed by atoms with E-state index in [1.807, 2.05) is 0 Å². The van der Waals surface area contributed by atoms with Crippen LogP contribution in [-0.2, 0) is 19.6 Å². The van der Waals surface area contributed by atoms with Gasteiger partial charge in [0, 0.05) is 19.2 Å². The van der Waals surface area contributed by atoms with Crippen molar-refractivity contribution >= 4 is 0 Å². The number of pyridine rings is 1. The number of fused-ring (bicyclic) bond motifs is 1. The van der Waals surface area contributed by atoms with Crippen molar-refractivity contribution in [2.24, 2.45) is 5.92 Å². The predicted molar refractivity (Wildman–Crippen MR) is 67.7 cm³/mol. The first-order valence-electron chi connectivity index (χ1n) is 7.45. The number of hydrogen-bond donors (Lipinski definition) is 0. The molecule has 0 spiro atoms. The molecule has 2 unspecified atom stereocenters. The Morgan fingerprint density at radius 3 is 3.16 bits per heavy atom. The highest BCUT2D eigenvalue weighted by Gasteiger charge is 2.24. The van der Waals surface area contributed by atoms with Gasteiger partial charge >= 0.3 is 0 Å². The minimum absolute atomic E-state index is 0.197. The number of hydrogen-bond acceptors (Lipinski definition) is 2. The molecule has 0 amide bonds. The number of rotatable bonds is 2. The van der Waals surface area contributed by atoms with E-state index in [4.69, 9.17) is 2.74 Å². The van der Waals surface area contributed by atoms with Crippen LogP contribution in [-0.4, -0.2) is 14.8 Å². The van der Waals surface area contributed by atoms with Crippen LogP contribution in [0.4, 0.5) is 8.78 Å². The van der Waals surface area contributed by atoms with Crippen molar-refractivity contribution < 1.29 is 11.5 Å². The second-order valence-corrected chi connectivity index (χ2v) is 4.77. The van der Waals surface area contributed by atoms with Crippen LogP contribution in [0.5, 0.6) is 0 Å². The van der Waals surface area contributed by atoms with Gasteiger partial charge in [0.25, 0.3) is 0 Å². The largest absolute Gasteiger partial charge is 0.268 e. The fourth-order valence-electron chi connectivity index (χ4n) is 2.42. The van der Waals surface area contributed by atoms with Gasteiger partial charge in [-0.1, -0.05) is 6.90 Å². The van der Waals surface area contributed by atoms with Crippen molar-refractivity contribution in [2.75, 3.05) is 0 Å². The first kappa shape index (κ1) is 10.1.